The van der Waals surface area contributed by atoms with E-state index in [0.717, 1.165) is 16.9 Å². The maximum absolute atomic E-state index is 13.1. The third-order valence-corrected chi connectivity index (χ3v) is 5.75. The van der Waals surface area contributed by atoms with Gasteiger partial charge in [-0.05, 0) is 56.0 Å². The van der Waals surface area contributed by atoms with Crippen molar-refractivity contribution in [1.29, 1.82) is 0 Å². The molecule has 2 aromatic rings. The summed E-state index contributed by atoms with van der Waals surface area (Å²) in [7, 11) is 0. The van der Waals surface area contributed by atoms with Gasteiger partial charge in [-0.15, -0.1) is 0 Å². The van der Waals surface area contributed by atoms with Crippen LogP contribution in [-0.4, -0.2) is 35.9 Å². The third-order valence-electron chi connectivity index (χ3n) is 5.01. The van der Waals surface area contributed by atoms with Gasteiger partial charge < -0.3 is 15.0 Å². The molecule has 2 rings (SSSR count). The van der Waals surface area contributed by atoms with E-state index in [-0.39, 0.29) is 24.8 Å². The zero-order valence-corrected chi connectivity index (χ0v) is 20.7. The van der Waals surface area contributed by atoms with Crippen LogP contribution in [-0.2, 0) is 16.1 Å². The Morgan fingerprint density at radius 1 is 1.03 bits per heavy atom. The van der Waals surface area contributed by atoms with E-state index < -0.39 is 6.04 Å². The van der Waals surface area contributed by atoms with Crippen LogP contribution >= 0.6 is 23.2 Å². The second-order valence-electron chi connectivity index (χ2n) is 8.35. The van der Waals surface area contributed by atoms with Gasteiger partial charge in [0.25, 0.3) is 0 Å². The van der Waals surface area contributed by atoms with Crippen molar-refractivity contribution in [1.82, 2.24) is 10.2 Å². The van der Waals surface area contributed by atoms with E-state index in [4.69, 9.17) is 27.9 Å². The molecule has 0 saturated heterocycles. The van der Waals surface area contributed by atoms with Gasteiger partial charge >= 0.3 is 0 Å². The first kappa shape index (κ1) is 26.0. The summed E-state index contributed by atoms with van der Waals surface area (Å²) in [5.74, 6) is 0.806. The Kier molecular flexibility index (Phi) is 10.3. The summed E-state index contributed by atoms with van der Waals surface area (Å²) in [4.78, 5) is 27.3. The lowest BCUT2D eigenvalue weighted by Crippen LogP contribution is -2.48. The smallest absolute Gasteiger partial charge is 0.242 e. The molecule has 0 saturated carbocycles. The molecule has 7 heteroatoms. The molecule has 0 aliphatic heterocycles. The number of benzene rings is 2. The standard InChI is InChI=1S/C25H32Cl2N2O3/c1-17(2)15-28-25(31)19(4)29(16-20-9-12-22(26)23(27)14-20)24(30)6-5-13-32-21-10-7-18(3)8-11-21/h7-12,14,17,19H,5-6,13,15-16H2,1-4H3,(H,28,31). The normalized spacial score (nSPS) is 11.8. The zero-order chi connectivity index (χ0) is 23.7. The van der Waals surface area contributed by atoms with E-state index in [1.165, 1.54) is 0 Å². The largest absolute Gasteiger partial charge is 0.494 e. The Labute approximate surface area is 201 Å². The van der Waals surface area contributed by atoms with Crippen LogP contribution in [0.5, 0.6) is 5.75 Å². The summed E-state index contributed by atoms with van der Waals surface area (Å²) >= 11 is 12.2. The predicted molar refractivity (Wildman–Crippen MR) is 130 cm³/mol. The molecule has 5 nitrogen and oxygen atoms in total. The summed E-state index contributed by atoms with van der Waals surface area (Å²) in [5, 5.41) is 3.78. The van der Waals surface area contributed by atoms with Gasteiger partial charge in [-0.1, -0.05) is 60.8 Å². The van der Waals surface area contributed by atoms with Crippen LogP contribution in [0.25, 0.3) is 0 Å². The third kappa shape index (κ3) is 8.36. The second-order valence-corrected chi connectivity index (χ2v) is 9.16. The zero-order valence-electron chi connectivity index (χ0n) is 19.2. The highest BCUT2D eigenvalue weighted by atomic mass is 35.5. The lowest BCUT2D eigenvalue weighted by atomic mass is 10.1. The van der Waals surface area contributed by atoms with Crippen molar-refractivity contribution in [2.24, 2.45) is 5.92 Å². The number of aryl methyl sites for hydroxylation is 1. The fourth-order valence-electron chi connectivity index (χ4n) is 3.06. The highest BCUT2D eigenvalue weighted by Crippen LogP contribution is 2.24. The monoisotopic (exact) mass is 478 g/mol. The Morgan fingerprint density at radius 3 is 2.34 bits per heavy atom. The number of hydrogen-bond donors (Lipinski definition) is 1. The van der Waals surface area contributed by atoms with Gasteiger partial charge in [0.2, 0.25) is 11.8 Å². The molecule has 32 heavy (non-hydrogen) atoms. The summed E-state index contributed by atoms with van der Waals surface area (Å²) in [6.45, 7) is 9.06. The summed E-state index contributed by atoms with van der Waals surface area (Å²) in [5.41, 5.74) is 1.97. The van der Waals surface area contributed by atoms with Crippen LogP contribution in [0.2, 0.25) is 10.0 Å². The van der Waals surface area contributed by atoms with Gasteiger partial charge in [-0.2, -0.15) is 0 Å². The number of hydrogen-bond acceptors (Lipinski definition) is 3. The van der Waals surface area contributed by atoms with E-state index in [1.807, 2.05) is 51.1 Å². The molecule has 1 N–H and O–H groups in total. The minimum Gasteiger partial charge on any atom is -0.494 e. The first-order valence-corrected chi connectivity index (χ1v) is 11.6. The topological polar surface area (TPSA) is 58.6 Å². The molecule has 0 aliphatic rings. The minimum atomic E-state index is -0.617. The predicted octanol–water partition coefficient (Wildman–Crippen LogP) is 5.65. The van der Waals surface area contributed by atoms with E-state index in [0.29, 0.717) is 35.5 Å². The lowest BCUT2D eigenvalue weighted by molar-refractivity contribution is -0.140. The second kappa shape index (κ2) is 12.7. The van der Waals surface area contributed by atoms with E-state index in [1.54, 1.807) is 24.0 Å². The molecule has 2 amide bonds. The summed E-state index contributed by atoms with van der Waals surface area (Å²) < 4.78 is 5.73. The first-order valence-electron chi connectivity index (χ1n) is 10.9. The molecule has 0 bridgehead atoms. The molecule has 0 radical (unpaired) electrons. The molecule has 1 atom stereocenters. The Morgan fingerprint density at radius 2 is 1.72 bits per heavy atom. The molecule has 0 fully saturated rings. The van der Waals surface area contributed by atoms with Crippen LogP contribution in [0.4, 0.5) is 0 Å². The quantitative estimate of drug-likeness (QED) is 0.424. The highest BCUT2D eigenvalue weighted by molar-refractivity contribution is 6.42. The van der Waals surface area contributed by atoms with Crippen molar-refractivity contribution in [2.75, 3.05) is 13.2 Å². The van der Waals surface area contributed by atoms with Crippen LogP contribution in [0, 0.1) is 12.8 Å². The molecule has 0 spiro atoms. The number of nitrogens with zero attached hydrogens (tertiary/aromatic N) is 1. The number of carbonyl (C=O) groups excluding carboxylic acids is 2. The van der Waals surface area contributed by atoms with Gasteiger partial charge in [0, 0.05) is 19.5 Å². The van der Waals surface area contributed by atoms with Crippen LogP contribution < -0.4 is 10.1 Å². The van der Waals surface area contributed by atoms with Crippen LogP contribution in [0.3, 0.4) is 0 Å². The molecular formula is C25H32Cl2N2O3. The number of halogens is 2. The molecule has 1 unspecified atom stereocenters. The highest BCUT2D eigenvalue weighted by Gasteiger charge is 2.26. The van der Waals surface area contributed by atoms with E-state index >= 15 is 0 Å². The average Bonchev–Trinajstić information content (AvgIpc) is 2.76. The number of rotatable bonds is 11. The Bertz CT molecular complexity index is 901. The number of ether oxygens (including phenoxy) is 1. The molecule has 2 aromatic carbocycles. The van der Waals surface area contributed by atoms with Gasteiger partial charge in [0.1, 0.15) is 11.8 Å². The molecule has 174 valence electrons. The van der Waals surface area contributed by atoms with Crippen molar-refractivity contribution in [3.05, 3.63) is 63.6 Å². The Balaban J connectivity index is 2.02. The number of nitrogens with one attached hydrogen (secondary N) is 1. The fraction of sp³-hybridized carbons (Fsp3) is 0.440. The number of carbonyl (C=O) groups is 2. The Hall–Kier alpha value is -2.24. The first-order chi connectivity index (χ1) is 15.2. The van der Waals surface area contributed by atoms with E-state index in [2.05, 4.69) is 5.32 Å². The average molecular weight is 479 g/mol. The minimum absolute atomic E-state index is 0.115. The molecule has 0 heterocycles. The molecular weight excluding hydrogens is 447 g/mol. The maximum atomic E-state index is 13.1. The summed E-state index contributed by atoms with van der Waals surface area (Å²) in [6, 6.07) is 12.4. The van der Waals surface area contributed by atoms with Gasteiger partial charge in [0.15, 0.2) is 0 Å². The maximum Gasteiger partial charge on any atom is 0.242 e. The van der Waals surface area contributed by atoms with Crippen molar-refractivity contribution in [3.63, 3.8) is 0 Å². The molecule has 0 aromatic heterocycles. The van der Waals surface area contributed by atoms with Gasteiger partial charge in [-0.25, -0.2) is 0 Å². The fourth-order valence-corrected chi connectivity index (χ4v) is 3.38. The number of amides is 2. The summed E-state index contributed by atoms with van der Waals surface area (Å²) in [6.07, 6.45) is 0.819. The van der Waals surface area contributed by atoms with E-state index in [9.17, 15) is 9.59 Å². The van der Waals surface area contributed by atoms with Gasteiger partial charge in [0.05, 0.1) is 16.7 Å². The van der Waals surface area contributed by atoms with Gasteiger partial charge in [-0.3, -0.25) is 9.59 Å². The van der Waals surface area contributed by atoms with Crippen molar-refractivity contribution >= 4 is 35.0 Å². The van der Waals surface area contributed by atoms with Crippen LogP contribution in [0.15, 0.2) is 42.5 Å². The van der Waals surface area contributed by atoms with Crippen molar-refractivity contribution in [2.45, 2.75) is 53.1 Å². The van der Waals surface area contributed by atoms with Crippen molar-refractivity contribution in [3.8, 4) is 5.75 Å². The molecule has 0 aliphatic carbocycles. The SMILES string of the molecule is Cc1ccc(OCCCC(=O)N(Cc2ccc(Cl)c(Cl)c2)C(C)C(=O)NCC(C)C)cc1. The van der Waals surface area contributed by atoms with Crippen molar-refractivity contribution < 1.29 is 14.3 Å². The van der Waals surface area contributed by atoms with Crippen LogP contribution in [0.1, 0.15) is 44.7 Å². The lowest BCUT2D eigenvalue weighted by Gasteiger charge is -2.29.